The molecule has 13 heavy (non-hydrogen) atoms. The van der Waals surface area contributed by atoms with Crippen LogP contribution in [0.5, 0.6) is 0 Å². The number of hydrogen-bond acceptors (Lipinski definition) is 2. The van der Waals surface area contributed by atoms with E-state index >= 15 is 0 Å². The van der Waals surface area contributed by atoms with Crippen molar-refractivity contribution < 1.29 is 0 Å². The van der Waals surface area contributed by atoms with Gasteiger partial charge in [0.15, 0.2) is 0 Å². The van der Waals surface area contributed by atoms with Gasteiger partial charge in [-0.15, -0.1) is 11.3 Å². The zero-order valence-corrected chi connectivity index (χ0v) is 9.44. The van der Waals surface area contributed by atoms with Crippen molar-refractivity contribution in [2.75, 3.05) is 0 Å². The Morgan fingerprint density at radius 2 is 2.15 bits per heavy atom. The summed E-state index contributed by atoms with van der Waals surface area (Å²) < 4.78 is 0. The van der Waals surface area contributed by atoms with E-state index in [9.17, 15) is 0 Å². The van der Waals surface area contributed by atoms with Crippen LogP contribution in [0.15, 0.2) is 11.6 Å². The van der Waals surface area contributed by atoms with E-state index in [1.165, 1.54) is 37.1 Å². The van der Waals surface area contributed by atoms with Gasteiger partial charge in [0.05, 0.1) is 5.01 Å². The van der Waals surface area contributed by atoms with Crippen molar-refractivity contribution in [1.29, 1.82) is 0 Å². The Balaban J connectivity index is 2.47. The highest BCUT2D eigenvalue weighted by atomic mass is 32.1. The maximum atomic E-state index is 4.41. The average Bonchev–Trinajstić information content (AvgIpc) is 2.65. The van der Waals surface area contributed by atoms with Gasteiger partial charge in [0.2, 0.25) is 0 Å². The summed E-state index contributed by atoms with van der Waals surface area (Å²) in [5.41, 5.74) is 0. The molecule has 0 saturated carbocycles. The largest absolute Gasteiger partial charge is 0.249 e. The minimum absolute atomic E-state index is 0.727. The fourth-order valence-electron chi connectivity index (χ4n) is 1.63. The number of unbranched alkanes of at least 4 members (excludes halogenated alkanes) is 1. The number of hydrogen-bond donors (Lipinski definition) is 0. The van der Waals surface area contributed by atoms with Gasteiger partial charge in [-0.2, -0.15) is 0 Å². The van der Waals surface area contributed by atoms with Crippen LogP contribution in [-0.4, -0.2) is 4.98 Å². The molecule has 0 aliphatic rings. The molecule has 0 amide bonds. The summed E-state index contributed by atoms with van der Waals surface area (Å²) >= 11 is 1.81. The summed E-state index contributed by atoms with van der Waals surface area (Å²) in [6.45, 7) is 4.51. The Morgan fingerprint density at radius 1 is 1.31 bits per heavy atom. The number of thiazole rings is 1. The topological polar surface area (TPSA) is 12.9 Å². The van der Waals surface area contributed by atoms with E-state index in [1.807, 2.05) is 17.5 Å². The third-order valence-electron chi connectivity index (χ3n) is 2.34. The molecule has 1 aromatic rings. The van der Waals surface area contributed by atoms with Gasteiger partial charge >= 0.3 is 0 Å². The molecular weight excluding hydrogens is 178 g/mol. The molecule has 0 aromatic carbocycles. The van der Waals surface area contributed by atoms with Crippen LogP contribution in [-0.2, 0) is 0 Å². The zero-order valence-electron chi connectivity index (χ0n) is 8.62. The van der Waals surface area contributed by atoms with Gasteiger partial charge in [-0.1, -0.05) is 33.1 Å². The second-order valence-corrected chi connectivity index (χ2v) is 4.42. The Morgan fingerprint density at radius 3 is 2.69 bits per heavy atom. The van der Waals surface area contributed by atoms with Crippen LogP contribution in [0.3, 0.4) is 0 Å². The Bertz CT molecular complexity index is 206. The highest BCUT2D eigenvalue weighted by Crippen LogP contribution is 2.28. The molecule has 0 bridgehead atoms. The molecule has 0 fully saturated rings. The van der Waals surface area contributed by atoms with Crippen LogP contribution in [0, 0.1) is 0 Å². The van der Waals surface area contributed by atoms with E-state index in [4.69, 9.17) is 0 Å². The highest BCUT2D eigenvalue weighted by molar-refractivity contribution is 7.09. The first kappa shape index (κ1) is 10.7. The Labute approximate surface area is 85.2 Å². The normalized spacial score (nSPS) is 13.1. The summed E-state index contributed by atoms with van der Waals surface area (Å²) in [5.74, 6) is 0.727. The molecule has 0 aliphatic heterocycles. The van der Waals surface area contributed by atoms with Gasteiger partial charge in [-0.05, 0) is 12.8 Å². The molecule has 1 aromatic heterocycles. The van der Waals surface area contributed by atoms with Crippen molar-refractivity contribution in [3.8, 4) is 0 Å². The third kappa shape index (κ3) is 3.47. The van der Waals surface area contributed by atoms with Gasteiger partial charge in [-0.25, -0.2) is 4.98 Å². The summed E-state index contributed by atoms with van der Waals surface area (Å²) in [5, 5.41) is 3.43. The summed E-state index contributed by atoms with van der Waals surface area (Å²) in [6.07, 6.45) is 8.45. The predicted octanol–water partition coefficient (Wildman–Crippen LogP) is 4.22. The van der Waals surface area contributed by atoms with Crippen molar-refractivity contribution in [2.45, 2.75) is 51.9 Å². The average molecular weight is 197 g/mol. The molecule has 0 aliphatic carbocycles. The van der Waals surface area contributed by atoms with E-state index in [1.54, 1.807) is 0 Å². The highest BCUT2D eigenvalue weighted by Gasteiger charge is 2.11. The van der Waals surface area contributed by atoms with Gasteiger partial charge in [0.25, 0.3) is 0 Å². The molecule has 1 unspecified atom stereocenters. The summed E-state index contributed by atoms with van der Waals surface area (Å²) in [4.78, 5) is 4.41. The second-order valence-electron chi connectivity index (χ2n) is 3.50. The maximum Gasteiger partial charge on any atom is 0.0955 e. The van der Waals surface area contributed by atoms with Crippen LogP contribution in [0.2, 0.25) is 0 Å². The first-order valence-corrected chi connectivity index (χ1v) is 6.15. The molecule has 0 spiro atoms. The Kier molecular flexibility index (Phi) is 5.06. The molecule has 0 N–H and O–H groups in total. The minimum Gasteiger partial charge on any atom is -0.249 e. The van der Waals surface area contributed by atoms with Crippen molar-refractivity contribution in [2.24, 2.45) is 0 Å². The van der Waals surface area contributed by atoms with Crippen LogP contribution in [0.4, 0.5) is 0 Å². The lowest BCUT2D eigenvalue weighted by atomic mass is 9.98. The summed E-state index contributed by atoms with van der Waals surface area (Å²) in [6, 6.07) is 0. The van der Waals surface area contributed by atoms with Crippen molar-refractivity contribution >= 4 is 11.3 Å². The van der Waals surface area contributed by atoms with Crippen molar-refractivity contribution in [1.82, 2.24) is 4.98 Å². The quantitative estimate of drug-likeness (QED) is 0.665. The molecule has 0 saturated heterocycles. The smallest absolute Gasteiger partial charge is 0.0955 e. The van der Waals surface area contributed by atoms with Gasteiger partial charge in [0, 0.05) is 17.5 Å². The molecule has 1 rings (SSSR count). The second kappa shape index (κ2) is 6.14. The molecule has 74 valence electrons. The lowest BCUT2D eigenvalue weighted by molar-refractivity contribution is 0.539. The molecular formula is C11H19NS. The number of aromatic nitrogens is 1. The van der Waals surface area contributed by atoms with E-state index in [2.05, 4.69) is 24.2 Å². The van der Waals surface area contributed by atoms with E-state index < -0.39 is 0 Å². The number of nitrogens with zero attached hydrogens (tertiary/aromatic N) is 1. The fourth-order valence-corrected chi connectivity index (χ4v) is 2.44. The lowest BCUT2D eigenvalue weighted by Gasteiger charge is -2.11. The summed E-state index contributed by atoms with van der Waals surface area (Å²) in [7, 11) is 0. The maximum absolute atomic E-state index is 4.41. The fraction of sp³-hybridized carbons (Fsp3) is 0.727. The third-order valence-corrected chi connectivity index (χ3v) is 3.28. The van der Waals surface area contributed by atoms with Crippen LogP contribution < -0.4 is 0 Å². The molecule has 1 atom stereocenters. The van der Waals surface area contributed by atoms with E-state index in [-0.39, 0.29) is 0 Å². The van der Waals surface area contributed by atoms with Crippen LogP contribution in [0.25, 0.3) is 0 Å². The monoisotopic (exact) mass is 197 g/mol. The Hall–Kier alpha value is -0.370. The van der Waals surface area contributed by atoms with E-state index in [0.29, 0.717) is 0 Å². The molecule has 1 heterocycles. The zero-order chi connectivity index (χ0) is 9.52. The van der Waals surface area contributed by atoms with Gasteiger partial charge in [-0.3, -0.25) is 0 Å². The molecule has 0 radical (unpaired) electrons. The van der Waals surface area contributed by atoms with E-state index in [0.717, 1.165) is 5.92 Å². The first-order valence-electron chi connectivity index (χ1n) is 5.27. The van der Waals surface area contributed by atoms with Gasteiger partial charge in [0.1, 0.15) is 0 Å². The van der Waals surface area contributed by atoms with Crippen LogP contribution in [0.1, 0.15) is 56.9 Å². The van der Waals surface area contributed by atoms with Crippen molar-refractivity contribution in [3.05, 3.63) is 16.6 Å². The minimum atomic E-state index is 0.727. The lowest BCUT2D eigenvalue weighted by Crippen LogP contribution is -1.97. The number of rotatable bonds is 6. The predicted molar refractivity (Wildman–Crippen MR) is 59.3 cm³/mol. The van der Waals surface area contributed by atoms with Crippen molar-refractivity contribution in [3.63, 3.8) is 0 Å². The SMILES string of the molecule is CCCCC(CCC)c1nccs1. The molecule has 2 heteroatoms. The standard InChI is InChI=1S/C11H19NS/c1-3-5-7-10(6-4-2)11-12-8-9-13-11/h8-10H,3-7H2,1-2H3. The van der Waals surface area contributed by atoms with Crippen LogP contribution >= 0.6 is 11.3 Å². The van der Waals surface area contributed by atoms with Gasteiger partial charge < -0.3 is 0 Å². The molecule has 1 nitrogen and oxygen atoms in total. The first-order chi connectivity index (χ1) is 6.38.